The maximum atomic E-state index is 10.1. The number of nitrogens with two attached hydrogens (primary N) is 1. The van der Waals surface area contributed by atoms with Crippen LogP contribution >= 0.6 is 0 Å². The van der Waals surface area contributed by atoms with Crippen LogP contribution in [0.5, 0.6) is 5.75 Å². The van der Waals surface area contributed by atoms with Gasteiger partial charge in [0.2, 0.25) is 0 Å². The summed E-state index contributed by atoms with van der Waals surface area (Å²) in [5.41, 5.74) is 9.63. The van der Waals surface area contributed by atoms with E-state index in [1.807, 2.05) is 0 Å². The van der Waals surface area contributed by atoms with Gasteiger partial charge in [0.15, 0.2) is 0 Å². The molecule has 3 N–H and O–H groups in total. The summed E-state index contributed by atoms with van der Waals surface area (Å²) in [6.45, 7) is 0. The molecule has 0 saturated heterocycles. The van der Waals surface area contributed by atoms with E-state index in [9.17, 15) is 5.11 Å². The second kappa shape index (κ2) is 2.99. The number of rotatable bonds is 2. The van der Waals surface area contributed by atoms with Crippen molar-refractivity contribution in [3.63, 3.8) is 0 Å². The Kier molecular flexibility index (Phi) is 1.84. The molecular formula is C13H17NO. The second-order valence-electron chi connectivity index (χ2n) is 5.10. The fourth-order valence-electron chi connectivity index (χ4n) is 2.55. The van der Waals surface area contributed by atoms with Crippen LogP contribution in [0.2, 0.25) is 0 Å². The third-order valence-corrected chi connectivity index (χ3v) is 3.77. The predicted molar refractivity (Wildman–Crippen MR) is 60.0 cm³/mol. The Bertz CT molecular complexity index is 407. The number of phenolic OH excluding ortho intramolecular Hbond substituents is 1. The number of hydrogen-bond acceptors (Lipinski definition) is 2. The molecule has 1 saturated carbocycles. The lowest BCUT2D eigenvalue weighted by atomic mass is 9.98. The molecule has 80 valence electrons. The first kappa shape index (κ1) is 9.22. The van der Waals surface area contributed by atoms with E-state index in [2.05, 4.69) is 12.1 Å². The normalized spacial score (nSPS) is 21.4. The van der Waals surface area contributed by atoms with Crippen molar-refractivity contribution in [2.45, 2.75) is 44.1 Å². The van der Waals surface area contributed by atoms with Gasteiger partial charge < -0.3 is 10.8 Å². The summed E-state index contributed by atoms with van der Waals surface area (Å²) in [7, 11) is 0. The minimum absolute atomic E-state index is 0.00960. The molecule has 3 rings (SSSR count). The number of aromatic hydroxyl groups is 1. The Balaban J connectivity index is 1.95. The second-order valence-corrected chi connectivity index (χ2v) is 5.10. The van der Waals surface area contributed by atoms with Gasteiger partial charge in [-0.2, -0.15) is 0 Å². The third-order valence-electron chi connectivity index (χ3n) is 3.77. The molecule has 0 radical (unpaired) electrons. The van der Waals surface area contributed by atoms with Gasteiger partial charge >= 0.3 is 0 Å². The molecule has 0 unspecified atom stereocenters. The van der Waals surface area contributed by atoms with Crippen LogP contribution in [0.15, 0.2) is 12.1 Å². The van der Waals surface area contributed by atoms with Crippen LogP contribution in [0.4, 0.5) is 0 Å². The summed E-state index contributed by atoms with van der Waals surface area (Å²) in [5.74, 6) is 0.529. The molecule has 0 aliphatic heterocycles. The molecule has 2 aliphatic carbocycles. The Hall–Kier alpha value is -1.02. The molecule has 0 heterocycles. The largest absolute Gasteiger partial charge is 0.507 e. The van der Waals surface area contributed by atoms with Crippen LogP contribution in [-0.2, 0) is 19.3 Å². The van der Waals surface area contributed by atoms with E-state index in [0.717, 1.165) is 37.7 Å². The summed E-state index contributed by atoms with van der Waals surface area (Å²) in [4.78, 5) is 0. The van der Waals surface area contributed by atoms with Gasteiger partial charge in [-0.15, -0.1) is 0 Å². The first-order valence-corrected chi connectivity index (χ1v) is 5.79. The van der Waals surface area contributed by atoms with Crippen molar-refractivity contribution >= 4 is 0 Å². The highest BCUT2D eigenvalue weighted by Gasteiger charge is 2.38. The van der Waals surface area contributed by atoms with E-state index >= 15 is 0 Å². The SMILES string of the molecule is NC1(Cc2ccc3c(c2O)CCC3)CC1. The average Bonchev–Trinajstić information content (AvgIpc) is 2.78. The van der Waals surface area contributed by atoms with Crippen molar-refractivity contribution in [1.29, 1.82) is 0 Å². The molecule has 15 heavy (non-hydrogen) atoms. The maximum absolute atomic E-state index is 10.1. The summed E-state index contributed by atoms with van der Waals surface area (Å²) in [6, 6.07) is 4.23. The van der Waals surface area contributed by atoms with E-state index in [-0.39, 0.29) is 5.54 Å². The summed E-state index contributed by atoms with van der Waals surface area (Å²) in [5, 5.41) is 10.1. The molecule has 2 aliphatic rings. The lowest BCUT2D eigenvalue weighted by Crippen LogP contribution is -2.24. The maximum Gasteiger partial charge on any atom is 0.122 e. The van der Waals surface area contributed by atoms with Gasteiger partial charge in [0, 0.05) is 5.54 Å². The lowest BCUT2D eigenvalue weighted by molar-refractivity contribution is 0.457. The van der Waals surface area contributed by atoms with Crippen LogP contribution in [-0.4, -0.2) is 10.6 Å². The van der Waals surface area contributed by atoms with Crippen LogP contribution in [0.3, 0.4) is 0 Å². The first-order valence-electron chi connectivity index (χ1n) is 5.79. The minimum Gasteiger partial charge on any atom is -0.507 e. The molecule has 1 aromatic rings. The molecule has 0 aromatic heterocycles. The van der Waals surface area contributed by atoms with Crippen molar-refractivity contribution in [3.05, 3.63) is 28.8 Å². The number of phenols is 1. The standard InChI is InChI=1S/C13H17NO/c14-13(6-7-13)8-10-5-4-9-2-1-3-11(9)12(10)15/h4-5,15H,1-3,6-8,14H2. The van der Waals surface area contributed by atoms with Crippen LogP contribution < -0.4 is 5.73 Å². The minimum atomic E-state index is -0.00960. The molecule has 0 atom stereocenters. The third kappa shape index (κ3) is 1.53. The van der Waals surface area contributed by atoms with E-state index in [0.29, 0.717) is 5.75 Å². The van der Waals surface area contributed by atoms with Crippen LogP contribution in [0.1, 0.15) is 36.0 Å². The fraction of sp³-hybridized carbons (Fsp3) is 0.538. The van der Waals surface area contributed by atoms with Crippen molar-refractivity contribution in [2.75, 3.05) is 0 Å². The van der Waals surface area contributed by atoms with E-state index in [1.54, 1.807) is 0 Å². The van der Waals surface area contributed by atoms with Gasteiger partial charge in [-0.3, -0.25) is 0 Å². The Labute approximate surface area is 90.1 Å². The van der Waals surface area contributed by atoms with Gasteiger partial charge in [0.25, 0.3) is 0 Å². The zero-order chi connectivity index (χ0) is 10.5. The average molecular weight is 203 g/mol. The highest BCUT2D eigenvalue weighted by atomic mass is 16.3. The van der Waals surface area contributed by atoms with Crippen molar-refractivity contribution in [3.8, 4) is 5.75 Å². The number of hydrogen-bond donors (Lipinski definition) is 2. The molecule has 0 amide bonds. The van der Waals surface area contributed by atoms with Crippen LogP contribution in [0, 0.1) is 0 Å². The van der Waals surface area contributed by atoms with Gasteiger partial charge in [0.1, 0.15) is 5.75 Å². The molecular weight excluding hydrogens is 186 g/mol. The summed E-state index contributed by atoms with van der Waals surface area (Å²) >= 11 is 0. The van der Waals surface area contributed by atoms with Crippen molar-refractivity contribution in [2.24, 2.45) is 5.73 Å². The molecule has 1 aromatic carbocycles. The van der Waals surface area contributed by atoms with Gasteiger partial charge in [-0.05, 0) is 55.2 Å². The molecule has 2 nitrogen and oxygen atoms in total. The Morgan fingerprint density at radius 2 is 2.07 bits per heavy atom. The highest BCUT2D eigenvalue weighted by Crippen LogP contribution is 2.40. The monoisotopic (exact) mass is 203 g/mol. The quantitative estimate of drug-likeness (QED) is 0.771. The van der Waals surface area contributed by atoms with Crippen LogP contribution in [0.25, 0.3) is 0 Å². The molecule has 1 fully saturated rings. The Morgan fingerprint density at radius 3 is 2.80 bits per heavy atom. The number of fused-ring (bicyclic) bond motifs is 1. The molecule has 0 spiro atoms. The summed E-state index contributed by atoms with van der Waals surface area (Å²) in [6.07, 6.45) is 6.38. The van der Waals surface area contributed by atoms with Crippen molar-refractivity contribution in [1.82, 2.24) is 0 Å². The van der Waals surface area contributed by atoms with E-state index < -0.39 is 0 Å². The highest BCUT2D eigenvalue weighted by molar-refractivity contribution is 5.48. The predicted octanol–water partition coefficient (Wildman–Crippen LogP) is 1.91. The van der Waals surface area contributed by atoms with Crippen molar-refractivity contribution < 1.29 is 5.11 Å². The molecule has 2 heteroatoms. The number of aryl methyl sites for hydroxylation is 1. The topological polar surface area (TPSA) is 46.2 Å². The molecule has 0 bridgehead atoms. The number of benzene rings is 1. The smallest absolute Gasteiger partial charge is 0.122 e. The summed E-state index contributed by atoms with van der Waals surface area (Å²) < 4.78 is 0. The van der Waals surface area contributed by atoms with Gasteiger partial charge in [0.05, 0.1) is 0 Å². The van der Waals surface area contributed by atoms with Gasteiger partial charge in [-0.25, -0.2) is 0 Å². The fourth-order valence-corrected chi connectivity index (χ4v) is 2.55. The zero-order valence-corrected chi connectivity index (χ0v) is 8.92. The van der Waals surface area contributed by atoms with E-state index in [1.165, 1.54) is 17.5 Å². The van der Waals surface area contributed by atoms with E-state index in [4.69, 9.17) is 5.73 Å². The lowest BCUT2D eigenvalue weighted by Gasteiger charge is -2.13. The zero-order valence-electron chi connectivity index (χ0n) is 8.92. The van der Waals surface area contributed by atoms with Gasteiger partial charge in [-0.1, -0.05) is 12.1 Å². The Morgan fingerprint density at radius 1 is 1.27 bits per heavy atom. The first-order chi connectivity index (χ1) is 7.18.